The number of ether oxygens (including phenoxy) is 2. The SMILES string of the molecule is CCONC(=O)OCc1ccc(NC(=O)[C@H](CCCNC(N)=O)NC(=O)[C@@H](NC(=O)CCCOCCNC(=O)C(C)C)C(C)C)cc1. The maximum absolute atomic E-state index is 13.3. The van der Waals surface area contributed by atoms with Crippen molar-refractivity contribution < 1.29 is 43.1 Å². The Morgan fingerprint density at radius 2 is 1.53 bits per heavy atom. The Labute approximate surface area is 275 Å². The summed E-state index contributed by atoms with van der Waals surface area (Å²) < 4.78 is 10.5. The van der Waals surface area contributed by atoms with Gasteiger partial charge in [0.25, 0.3) is 0 Å². The van der Waals surface area contributed by atoms with Crippen molar-refractivity contribution >= 4 is 41.4 Å². The summed E-state index contributed by atoms with van der Waals surface area (Å²) in [5.74, 6) is -1.84. The molecule has 0 saturated carbocycles. The Morgan fingerprint density at radius 1 is 0.830 bits per heavy atom. The van der Waals surface area contributed by atoms with E-state index in [-0.39, 0.29) is 49.6 Å². The second kappa shape index (κ2) is 23.0. The lowest BCUT2D eigenvalue weighted by atomic mass is 10.0. The van der Waals surface area contributed by atoms with E-state index in [0.29, 0.717) is 50.5 Å². The van der Waals surface area contributed by atoms with E-state index in [2.05, 4.69) is 32.1 Å². The van der Waals surface area contributed by atoms with Crippen LogP contribution >= 0.6 is 0 Å². The zero-order valence-corrected chi connectivity index (χ0v) is 27.9. The van der Waals surface area contributed by atoms with Gasteiger partial charge in [0.1, 0.15) is 18.7 Å². The largest absolute Gasteiger partial charge is 0.443 e. The highest BCUT2D eigenvalue weighted by Gasteiger charge is 2.28. The van der Waals surface area contributed by atoms with Crippen molar-refractivity contribution in [3.63, 3.8) is 0 Å². The number of urea groups is 1. The molecule has 264 valence electrons. The van der Waals surface area contributed by atoms with E-state index >= 15 is 0 Å². The average molecular weight is 666 g/mol. The number of carbonyl (C=O) groups excluding carboxylic acids is 6. The minimum Gasteiger partial charge on any atom is -0.443 e. The van der Waals surface area contributed by atoms with Crippen LogP contribution in [0.4, 0.5) is 15.3 Å². The first-order valence-electron chi connectivity index (χ1n) is 15.8. The van der Waals surface area contributed by atoms with E-state index in [0.717, 1.165) is 0 Å². The molecule has 0 unspecified atom stereocenters. The highest BCUT2D eigenvalue weighted by atomic mass is 16.7. The molecule has 0 radical (unpaired) electrons. The van der Waals surface area contributed by atoms with Crippen LogP contribution in [0.1, 0.15) is 65.9 Å². The number of carbonyl (C=O) groups is 6. The van der Waals surface area contributed by atoms with Crippen LogP contribution < -0.4 is 37.8 Å². The molecule has 7 amide bonds. The molecular weight excluding hydrogens is 614 g/mol. The van der Waals surface area contributed by atoms with Gasteiger partial charge in [0.2, 0.25) is 23.6 Å². The summed E-state index contributed by atoms with van der Waals surface area (Å²) in [6, 6.07) is 3.95. The summed E-state index contributed by atoms with van der Waals surface area (Å²) in [6.45, 7) is 10.3. The van der Waals surface area contributed by atoms with Crippen molar-refractivity contribution in [2.24, 2.45) is 17.6 Å². The monoisotopic (exact) mass is 665 g/mol. The van der Waals surface area contributed by atoms with Crippen molar-refractivity contribution in [1.82, 2.24) is 26.7 Å². The highest BCUT2D eigenvalue weighted by Crippen LogP contribution is 2.13. The van der Waals surface area contributed by atoms with E-state index in [4.69, 9.17) is 20.0 Å². The molecule has 1 aromatic rings. The van der Waals surface area contributed by atoms with E-state index in [1.54, 1.807) is 58.9 Å². The maximum Gasteiger partial charge on any atom is 0.431 e. The van der Waals surface area contributed by atoms with Gasteiger partial charge in [0, 0.05) is 37.7 Å². The normalized spacial score (nSPS) is 12.1. The molecule has 0 aliphatic carbocycles. The number of anilines is 1. The zero-order valence-electron chi connectivity index (χ0n) is 27.9. The fraction of sp³-hybridized carbons (Fsp3) is 0.613. The first kappa shape index (κ1) is 40.6. The van der Waals surface area contributed by atoms with Crippen LogP contribution in [0.25, 0.3) is 0 Å². The van der Waals surface area contributed by atoms with Gasteiger partial charge in [0.05, 0.1) is 13.2 Å². The predicted molar refractivity (Wildman–Crippen MR) is 173 cm³/mol. The third kappa shape index (κ3) is 18.3. The van der Waals surface area contributed by atoms with Crippen molar-refractivity contribution in [3.05, 3.63) is 29.8 Å². The van der Waals surface area contributed by atoms with Gasteiger partial charge in [-0.1, -0.05) is 39.8 Å². The summed E-state index contributed by atoms with van der Waals surface area (Å²) >= 11 is 0. The molecule has 1 aromatic carbocycles. The number of benzene rings is 1. The van der Waals surface area contributed by atoms with E-state index in [9.17, 15) is 28.8 Å². The van der Waals surface area contributed by atoms with Crippen molar-refractivity contribution in [2.75, 3.05) is 38.2 Å². The van der Waals surface area contributed by atoms with Crippen LogP contribution in [-0.4, -0.2) is 80.7 Å². The molecule has 1 rings (SSSR count). The third-order valence-corrected chi connectivity index (χ3v) is 6.52. The minimum atomic E-state index is -0.995. The lowest BCUT2D eigenvalue weighted by molar-refractivity contribution is -0.132. The summed E-state index contributed by atoms with van der Waals surface area (Å²) in [5, 5.41) is 13.4. The highest BCUT2D eigenvalue weighted by molar-refractivity contribution is 5.98. The number of primary amides is 1. The lowest BCUT2D eigenvalue weighted by Gasteiger charge is -2.25. The Bertz CT molecular complexity index is 1150. The number of hydroxylamine groups is 1. The molecule has 0 spiro atoms. The fourth-order valence-electron chi connectivity index (χ4n) is 3.94. The van der Waals surface area contributed by atoms with Gasteiger partial charge in [-0.15, -0.1) is 0 Å². The zero-order chi connectivity index (χ0) is 35.2. The second-order valence-electron chi connectivity index (χ2n) is 11.2. The van der Waals surface area contributed by atoms with Gasteiger partial charge in [-0.3, -0.25) is 24.0 Å². The standard InChI is InChI=1S/C31H51N7O9/c1-6-47-38-31(44)46-19-22-11-13-23(14-12-22)35-28(41)24(9-7-15-34-30(32)43)36-29(42)26(20(2)3)37-25(39)10-8-17-45-18-16-33-27(40)21(4)5/h11-14,20-21,24,26H,6-10,15-19H2,1-5H3,(H,33,40)(H,35,41)(H,36,42)(H,37,39)(H,38,44)(H3,32,34,43)/t24-,26-/m0/s1. The van der Waals surface area contributed by atoms with Gasteiger partial charge in [-0.25, -0.2) is 9.59 Å². The van der Waals surface area contributed by atoms with E-state index in [1.807, 2.05) is 0 Å². The molecule has 16 nitrogen and oxygen atoms in total. The summed E-state index contributed by atoms with van der Waals surface area (Å²) in [5.41, 5.74) is 8.35. The number of amides is 7. The fourth-order valence-corrected chi connectivity index (χ4v) is 3.94. The number of hydrogen-bond donors (Lipinski definition) is 7. The Morgan fingerprint density at radius 3 is 2.15 bits per heavy atom. The first-order valence-corrected chi connectivity index (χ1v) is 15.8. The summed E-state index contributed by atoms with van der Waals surface area (Å²) in [6.07, 6.45) is 0.308. The van der Waals surface area contributed by atoms with Crippen molar-refractivity contribution in [2.45, 2.75) is 79.0 Å². The van der Waals surface area contributed by atoms with Gasteiger partial charge in [0.15, 0.2) is 0 Å². The predicted octanol–water partition coefficient (Wildman–Crippen LogP) is 1.45. The van der Waals surface area contributed by atoms with E-state index < -0.39 is 36.0 Å². The molecule has 8 N–H and O–H groups in total. The van der Waals surface area contributed by atoms with Crippen LogP contribution in [0, 0.1) is 11.8 Å². The molecule has 47 heavy (non-hydrogen) atoms. The van der Waals surface area contributed by atoms with Gasteiger partial charge in [-0.2, -0.15) is 5.48 Å². The molecule has 0 fully saturated rings. The maximum atomic E-state index is 13.3. The summed E-state index contributed by atoms with van der Waals surface area (Å²) in [4.78, 5) is 78.2. The molecule has 0 saturated heterocycles. The number of rotatable bonds is 22. The topological polar surface area (TPSA) is 228 Å². The molecule has 0 aromatic heterocycles. The van der Waals surface area contributed by atoms with Gasteiger partial charge < -0.3 is 41.8 Å². The Kier molecular flexibility index (Phi) is 19.8. The van der Waals surface area contributed by atoms with Crippen molar-refractivity contribution in [3.8, 4) is 0 Å². The van der Waals surface area contributed by atoms with Crippen LogP contribution in [0.15, 0.2) is 24.3 Å². The number of nitrogens with two attached hydrogens (primary N) is 1. The Balaban J connectivity index is 2.73. The van der Waals surface area contributed by atoms with Crippen LogP contribution in [0.5, 0.6) is 0 Å². The molecule has 0 heterocycles. The molecule has 0 aliphatic heterocycles. The second-order valence-corrected chi connectivity index (χ2v) is 11.2. The van der Waals surface area contributed by atoms with Crippen molar-refractivity contribution in [1.29, 1.82) is 0 Å². The lowest BCUT2D eigenvalue weighted by Crippen LogP contribution is -2.54. The number of nitrogens with one attached hydrogen (secondary N) is 6. The summed E-state index contributed by atoms with van der Waals surface area (Å²) in [7, 11) is 0. The third-order valence-electron chi connectivity index (χ3n) is 6.52. The van der Waals surface area contributed by atoms with Crippen LogP contribution in [0.2, 0.25) is 0 Å². The van der Waals surface area contributed by atoms with Gasteiger partial charge >= 0.3 is 12.1 Å². The smallest absolute Gasteiger partial charge is 0.431 e. The first-order chi connectivity index (χ1) is 22.3. The quantitative estimate of drug-likeness (QED) is 0.0701. The van der Waals surface area contributed by atoms with Crippen LogP contribution in [0.3, 0.4) is 0 Å². The molecule has 0 bridgehead atoms. The van der Waals surface area contributed by atoms with Gasteiger partial charge in [-0.05, 0) is 49.8 Å². The molecule has 0 aliphatic rings. The minimum absolute atomic E-state index is 0.0217. The Hall–Kier alpha value is -4.44. The average Bonchev–Trinajstić information content (AvgIpc) is 3.02. The molecule has 16 heteroatoms. The molecule has 2 atom stereocenters. The van der Waals surface area contributed by atoms with Crippen LogP contribution in [-0.2, 0) is 40.1 Å². The molecular formula is C31H51N7O9. The number of hydrogen-bond acceptors (Lipinski definition) is 9. The van der Waals surface area contributed by atoms with E-state index in [1.165, 1.54) is 0 Å².